The fourth-order valence-electron chi connectivity index (χ4n) is 1.14. The maximum atomic E-state index is 9.68. The largest absolute Gasteiger partial charge is 0.423 e. The topological polar surface area (TPSA) is 79.7 Å². The minimum Gasteiger partial charge on any atom is -0.423 e. The quantitative estimate of drug-likeness (QED) is 0.681. The molecule has 6 heteroatoms. The molecule has 1 aromatic heterocycles. The highest BCUT2D eigenvalue weighted by Crippen LogP contribution is 2.08. The summed E-state index contributed by atoms with van der Waals surface area (Å²) in [5, 5.41) is 9.68. The molecule has 1 heterocycles. The summed E-state index contributed by atoms with van der Waals surface area (Å²) in [5.41, 5.74) is 5.70. The van der Waals surface area contributed by atoms with Crippen LogP contribution in [0.2, 0.25) is 0 Å². The van der Waals surface area contributed by atoms with Gasteiger partial charge in [-0.15, -0.1) is 4.73 Å². The lowest BCUT2D eigenvalue weighted by molar-refractivity contribution is 0.173. The van der Waals surface area contributed by atoms with E-state index in [2.05, 4.69) is 9.98 Å². The molecule has 1 rings (SSSR count). The molecule has 0 aromatic carbocycles. The molecule has 0 bridgehead atoms. The molecule has 3 N–H and O–H groups in total. The van der Waals surface area contributed by atoms with Gasteiger partial charge in [-0.2, -0.15) is 4.98 Å². The molecule has 0 fully saturated rings. The molecule has 90 valence electrons. The number of aromatic nitrogens is 2. The summed E-state index contributed by atoms with van der Waals surface area (Å²) in [6, 6.07) is 1.68. The maximum absolute atomic E-state index is 9.68. The first-order valence-electron chi connectivity index (χ1n) is 5.03. The maximum Gasteiger partial charge on any atom is 0.238 e. The molecule has 1 aromatic rings. The van der Waals surface area contributed by atoms with Gasteiger partial charge >= 0.3 is 0 Å². The highest BCUT2D eigenvalue weighted by Gasteiger charge is 2.10. The number of nitrogens with zero attached hydrogens (tertiary/aromatic N) is 4. The lowest BCUT2D eigenvalue weighted by Crippen LogP contribution is -2.29. The molecule has 16 heavy (non-hydrogen) atoms. The lowest BCUT2D eigenvalue weighted by atomic mass is 10.1. The van der Waals surface area contributed by atoms with E-state index in [1.165, 1.54) is 0 Å². The first-order chi connectivity index (χ1) is 7.20. The van der Waals surface area contributed by atoms with Crippen LogP contribution in [0.25, 0.3) is 0 Å². The molecule has 6 nitrogen and oxygen atoms in total. The third-order valence-corrected chi connectivity index (χ3v) is 1.83. The zero-order chi connectivity index (χ0) is 12.5. The number of rotatable bonds is 1. The molecular formula is C10H19N5O. The van der Waals surface area contributed by atoms with Gasteiger partial charge in [0, 0.05) is 20.2 Å². The van der Waals surface area contributed by atoms with E-state index in [-0.39, 0.29) is 11.5 Å². The monoisotopic (exact) mass is 225 g/mol. The Balaban J connectivity index is 3.45. The summed E-state index contributed by atoms with van der Waals surface area (Å²) in [7, 11) is 3.70. The van der Waals surface area contributed by atoms with E-state index in [1.807, 2.05) is 34.9 Å². The Hall–Kier alpha value is -1.72. The molecule has 0 saturated carbocycles. The van der Waals surface area contributed by atoms with Gasteiger partial charge in [0.25, 0.3) is 0 Å². The standard InChI is InChI=1S/C10H19N5O/c1-10(2,3)13-8-6-7(14(4)5)12-9(11)15(8)16/h6,16H,1-5H3,(H2,11,12). The molecule has 0 amide bonds. The molecule has 0 spiro atoms. The van der Waals surface area contributed by atoms with Crippen molar-refractivity contribution < 1.29 is 5.21 Å². The lowest BCUT2D eigenvalue weighted by Gasteiger charge is -2.15. The van der Waals surface area contributed by atoms with Crippen LogP contribution in [0.3, 0.4) is 0 Å². The molecular weight excluding hydrogens is 206 g/mol. The van der Waals surface area contributed by atoms with Gasteiger partial charge in [-0.3, -0.25) is 4.99 Å². The molecule has 0 radical (unpaired) electrons. The Morgan fingerprint density at radius 2 is 2.00 bits per heavy atom. The number of anilines is 2. The van der Waals surface area contributed by atoms with E-state index >= 15 is 0 Å². The number of nitrogens with two attached hydrogens (primary N) is 1. The van der Waals surface area contributed by atoms with Gasteiger partial charge in [-0.25, -0.2) is 0 Å². The van der Waals surface area contributed by atoms with E-state index in [0.29, 0.717) is 11.3 Å². The highest BCUT2D eigenvalue weighted by molar-refractivity contribution is 5.39. The Labute approximate surface area is 95.0 Å². The Kier molecular flexibility index (Phi) is 3.11. The molecule has 0 aliphatic rings. The predicted molar refractivity (Wildman–Crippen MR) is 63.5 cm³/mol. The van der Waals surface area contributed by atoms with Crippen LogP contribution in [0.4, 0.5) is 11.8 Å². The second kappa shape index (κ2) is 4.03. The van der Waals surface area contributed by atoms with Gasteiger partial charge in [0.1, 0.15) is 5.82 Å². The average molecular weight is 225 g/mol. The number of hydrogen-bond acceptors (Lipinski definition) is 5. The normalized spacial score (nSPS) is 12.9. The van der Waals surface area contributed by atoms with Crippen molar-refractivity contribution in [2.45, 2.75) is 26.3 Å². The Morgan fingerprint density at radius 3 is 2.44 bits per heavy atom. The van der Waals surface area contributed by atoms with E-state index in [0.717, 1.165) is 4.73 Å². The summed E-state index contributed by atoms with van der Waals surface area (Å²) >= 11 is 0. The minimum absolute atomic E-state index is 0.0224. The van der Waals surface area contributed by atoms with E-state index in [1.54, 1.807) is 11.0 Å². The zero-order valence-corrected chi connectivity index (χ0v) is 10.4. The molecule has 0 unspecified atom stereocenters. The van der Waals surface area contributed by atoms with Crippen LogP contribution < -0.4 is 16.1 Å². The molecule has 0 aliphatic heterocycles. The van der Waals surface area contributed by atoms with Gasteiger partial charge in [0.2, 0.25) is 5.95 Å². The van der Waals surface area contributed by atoms with Crippen LogP contribution in [-0.2, 0) is 0 Å². The first kappa shape index (κ1) is 12.4. The van der Waals surface area contributed by atoms with Crippen molar-refractivity contribution in [3.63, 3.8) is 0 Å². The van der Waals surface area contributed by atoms with E-state index < -0.39 is 0 Å². The van der Waals surface area contributed by atoms with Crippen LogP contribution in [-0.4, -0.2) is 34.6 Å². The zero-order valence-electron chi connectivity index (χ0n) is 10.4. The highest BCUT2D eigenvalue weighted by atomic mass is 16.5. The van der Waals surface area contributed by atoms with Crippen LogP contribution in [0, 0.1) is 0 Å². The predicted octanol–water partition coefficient (Wildman–Crippen LogP) is 0.468. The van der Waals surface area contributed by atoms with Gasteiger partial charge in [-0.05, 0) is 20.8 Å². The van der Waals surface area contributed by atoms with Crippen LogP contribution >= 0.6 is 0 Å². The van der Waals surface area contributed by atoms with E-state index in [4.69, 9.17) is 5.73 Å². The van der Waals surface area contributed by atoms with Crippen LogP contribution in [0.5, 0.6) is 0 Å². The van der Waals surface area contributed by atoms with Crippen molar-refractivity contribution in [1.82, 2.24) is 9.71 Å². The van der Waals surface area contributed by atoms with Gasteiger partial charge in [-0.1, -0.05) is 0 Å². The molecule has 0 aliphatic carbocycles. The molecule has 0 saturated heterocycles. The minimum atomic E-state index is -0.290. The second-order valence-electron chi connectivity index (χ2n) is 4.82. The van der Waals surface area contributed by atoms with Gasteiger partial charge in [0.05, 0.1) is 5.54 Å². The summed E-state index contributed by atoms with van der Waals surface area (Å²) in [5.74, 6) is 0.681. The fraction of sp³-hybridized carbons (Fsp3) is 0.600. The Morgan fingerprint density at radius 1 is 1.44 bits per heavy atom. The third kappa shape index (κ3) is 2.88. The number of nitrogen functional groups attached to an aromatic ring is 1. The fourth-order valence-corrected chi connectivity index (χ4v) is 1.14. The summed E-state index contributed by atoms with van der Waals surface area (Å²) in [6.07, 6.45) is 0. The van der Waals surface area contributed by atoms with Crippen molar-refractivity contribution >= 4 is 11.8 Å². The summed E-state index contributed by atoms with van der Waals surface area (Å²) in [6.45, 7) is 5.83. The van der Waals surface area contributed by atoms with Crippen molar-refractivity contribution in [3.8, 4) is 0 Å². The Bertz CT molecular complexity index is 442. The summed E-state index contributed by atoms with van der Waals surface area (Å²) < 4.78 is 0.790. The van der Waals surface area contributed by atoms with E-state index in [9.17, 15) is 5.21 Å². The summed E-state index contributed by atoms with van der Waals surface area (Å²) in [4.78, 5) is 10.2. The third-order valence-electron chi connectivity index (χ3n) is 1.83. The van der Waals surface area contributed by atoms with Crippen LogP contribution in [0.15, 0.2) is 11.1 Å². The smallest absolute Gasteiger partial charge is 0.238 e. The van der Waals surface area contributed by atoms with Crippen LogP contribution in [0.1, 0.15) is 20.8 Å². The van der Waals surface area contributed by atoms with Crippen molar-refractivity contribution in [2.75, 3.05) is 24.7 Å². The van der Waals surface area contributed by atoms with Gasteiger partial charge < -0.3 is 15.8 Å². The van der Waals surface area contributed by atoms with Crippen molar-refractivity contribution in [3.05, 3.63) is 11.6 Å². The average Bonchev–Trinajstić information content (AvgIpc) is 2.10. The van der Waals surface area contributed by atoms with Crippen molar-refractivity contribution in [2.24, 2.45) is 4.99 Å². The number of hydrogen-bond donors (Lipinski definition) is 2. The second-order valence-corrected chi connectivity index (χ2v) is 4.82. The van der Waals surface area contributed by atoms with Crippen molar-refractivity contribution in [1.29, 1.82) is 0 Å². The SMILES string of the molecule is CN(C)c1cc(=NC(C)(C)C)n(O)c(N)n1. The molecule has 0 atom stereocenters. The van der Waals surface area contributed by atoms with Gasteiger partial charge in [0.15, 0.2) is 5.49 Å². The first-order valence-corrected chi connectivity index (χ1v) is 5.03.